The van der Waals surface area contributed by atoms with Crippen LogP contribution in [0.4, 0.5) is 0 Å². The summed E-state index contributed by atoms with van der Waals surface area (Å²) in [6.45, 7) is 7.37. The molecule has 1 aromatic carbocycles. The van der Waals surface area contributed by atoms with E-state index >= 15 is 0 Å². The number of hydrogen-bond donors (Lipinski definition) is 1. The summed E-state index contributed by atoms with van der Waals surface area (Å²) >= 11 is 1.77. The molecule has 0 amide bonds. The second kappa shape index (κ2) is 6.83. The molecule has 1 aromatic heterocycles. The van der Waals surface area contributed by atoms with Crippen molar-refractivity contribution in [1.29, 1.82) is 0 Å². The van der Waals surface area contributed by atoms with Gasteiger partial charge in [-0.3, -0.25) is 0 Å². The van der Waals surface area contributed by atoms with Gasteiger partial charge in [-0.1, -0.05) is 36.8 Å². The van der Waals surface area contributed by atoms with Gasteiger partial charge in [-0.25, -0.2) is 4.98 Å². The number of aryl methyl sites for hydroxylation is 2. The zero-order chi connectivity index (χ0) is 13.7. The van der Waals surface area contributed by atoms with E-state index in [4.69, 9.17) is 0 Å². The number of rotatable bonds is 6. The normalized spacial score (nSPS) is 12.6. The van der Waals surface area contributed by atoms with Crippen molar-refractivity contribution in [3.8, 4) is 0 Å². The summed E-state index contributed by atoms with van der Waals surface area (Å²) in [6.07, 6.45) is 2.08. The lowest BCUT2D eigenvalue weighted by Gasteiger charge is -2.17. The van der Waals surface area contributed by atoms with Crippen LogP contribution in [0.25, 0.3) is 0 Å². The highest BCUT2D eigenvalue weighted by Gasteiger charge is 2.11. The molecule has 0 spiro atoms. The van der Waals surface area contributed by atoms with Crippen LogP contribution in [0.5, 0.6) is 0 Å². The Morgan fingerprint density at radius 2 is 2.11 bits per heavy atom. The van der Waals surface area contributed by atoms with Crippen LogP contribution in [0.15, 0.2) is 29.6 Å². The second-order valence-electron chi connectivity index (χ2n) is 5.03. The van der Waals surface area contributed by atoms with E-state index in [9.17, 15) is 0 Å². The number of nitrogens with zero attached hydrogens (tertiary/aromatic N) is 1. The third-order valence-corrected chi connectivity index (χ3v) is 4.13. The van der Waals surface area contributed by atoms with E-state index in [1.807, 2.05) is 0 Å². The molecule has 3 heteroatoms. The molecule has 2 rings (SSSR count). The minimum Gasteiger partial charge on any atom is -0.314 e. The van der Waals surface area contributed by atoms with E-state index < -0.39 is 0 Å². The van der Waals surface area contributed by atoms with Crippen LogP contribution >= 0.6 is 11.3 Å². The zero-order valence-electron chi connectivity index (χ0n) is 11.9. The number of benzene rings is 1. The Hall–Kier alpha value is -1.19. The highest BCUT2D eigenvalue weighted by atomic mass is 32.1. The third kappa shape index (κ3) is 4.44. The molecule has 1 N–H and O–H groups in total. The molecule has 0 aliphatic carbocycles. The molecular weight excluding hydrogens is 252 g/mol. The van der Waals surface area contributed by atoms with Gasteiger partial charge < -0.3 is 5.32 Å². The standard InChI is InChI=1S/C16H22N2S/c1-4-17-15(10-16-18-13(3)11-19-16)9-14-7-5-6-12(2)8-14/h5-8,11,15,17H,4,9-10H2,1-3H3. The summed E-state index contributed by atoms with van der Waals surface area (Å²) < 4.78 is 0. The SMILES string of the molecule is CCNC(Cc1cccc(C)c1)Cc1nc(C)cs1. The zero-order valence-corrected chi connectivity index (χ0v) is 12.8. The molecule has 102 valence electrons. The Kier molecular flexibility index (Phi) is 5.11. The van der Waals surface area contributed by atoms with Gasteiger partial charge in [0.05, 0.1) is 5.01 Å². The molecule has 1 atom stereocenters. The first-order chi connectivity index (χ1) is 9.17. The molecule has 0 aliphatic rings. The molecule has 2 nitrogen and oxygen atoms in total. The maximum atomic E-state index is 4.57. The van der Waals surface area contributed by atoms with Crippen LogP contribution in [0.3, 0.4) is 0 Å². The average molecular weight is 274 g/mol. The summed E-state index contributed by atoms with van der Waals surface area (Å²) in [7, 11) is 0. The lowest BCUT2D eigenvalue weighted by Crippen LogP contribution is -2.33. The van der Waals surface area contributed by atoms with E-state index in [2.05, 4.69) is 60.7 Å². The fourth-order valence-corrected chi connectivity index (χ4v) is 3.19. The smallest absolute Gasteiger partial charge is 0.0943 e. The van der Waals surface area contributed by atoms with Crippen LogP contribution in [-0.2, 0) is 12.8 Å². The van der Waals surface area contributed by atoms with E-state index in [-0.39, 0.29) is 0 Å². The monoisotopic (exact) mass is 274 g/mol. The Morgan fingerprint density at radius 1 is 1.26 bits per heavy atom. The summed E-state index contributed by atoms with van der Waals surface area (Å²) in [6, 6.07) is 9.25. The Balaban J connectivity index is 2.03. The second-order valence-corrected chi connectivity index (χ2v) is 5.98. The molecular formula is C16H22N2S. The maximum Gasteiger partial charge on any atom is 0.0943 e. The van der Waals surface area contributed by atoms with Gasteiger partial charge in [-0.05, 0) is 32.4 Å². The van der Waals surface area contributed by atoms with Gasteiger partial charge >= 0.3 is 0 Å². The van der Waals surface area contributed by atoms with Gasteiger partial charge in [-0.15, -0.1) is 11.3 Å². The van der Waals surface area contributed by atoms with Crippen molar-refractivity contribution in [2.75, 3.05) is 6.54 Å². The van der Waals surface area contributed by atoms with Crippen LogP contribution in [0.1, 0.15) is 28.8 Å². The molecule has 1 heterocycles. The number of thiazole rings is 1. The van der Waals surface area contributed by atoms with E-state index in [1.165, 1.54) is 16.1 Å². The predicted molar refractivity (Wildman–Crippen MR) is 82.9 cm³/mol. The molecule has 19 heavy (non-hydrogen) atoms. The lowest BCUT2D eigenvalue weighted by molar-refractivity contribution is 0.520. The molecule has 1 unspecified atom stereocenters. The van der Waals surface area contributed by atoms with Gasteiger partial charge in [0.15, 0.2) is 0 Å². The topological polar surface area (TPSA) is 24.9 Å². The van der Waals surface area contributed by atoms with Crippen molar-refractivity contribution < 1.29 is 0 Å². The van der Waals surface area contributed by atoms with Crippen molar-refractivity contribution in [3.05, 3.63) is 51.5 Å². The summed E-state index contributed by atoms with van der Waals surface area (Å²) in [5.41, 5.74) is 3.86. The first kappa shape index (κ1) is 14.2. The molecule has 0 bridgehead atoms. The van der Waals surface area contributed by atoms with Crippen molar-refractivity contribution in [1.82, 2.24) is 10.3 Å². The lowest BCUT2D eigenvalue weighted by atomic mass is 10.0. The van der Waals surface area contributed by atoms with Gasteiger partial charge in [-0.2, -0.15) is 0 Å². The van der Waals surface area contributed by atoms with E-state index in [1.54, 1.807) is 11.3 Å². The number of likely N-dealkylation sites (N-methyl/N-ethyl adjacent to an activating group) is 1. The van der Waals surface area contributed by atoms with Crippen LogP contribution in [0.2, 0.25) is 0 Å². The first-order valence-electron chi connectivity index (χ1n) is 6.87. The highest BCUT2D eigenvalue weighted by molar-refractivity contribution is 7.09. The fraction of sp³-hybridized carbons (Fsp3) is 0.438. The first-order valence-corrected chi connectivity index (χ1v) is 7.75. The number of hydrogen-bond acceptors (Lipinski definition) is 3. The van der Waals surface area contributed by atoms with E-state index in [0.717, 1.165) is 25.1 Å². The summed E-state index contributed by atoms with van der Waals surface area (Å²) in [4.78, 5) is 4.57. The molecule has 0 saturated heterocycles. The van der Waals surface area contributed by atoms with Crippen molar-refractivity contribution in [3.63, 3.8) is 0 Å². The van der Waals surface area contributed by atoms with Gasteiger partial charge in [0.25, 0.3) is 0 Å². The summed E-state index contributed by atoms with van der Waals surface area (Å²) in [5, 5.41) is 6.94. The Labute approximate surface area is 119 Å². The fourth-order valence-electron chi connectivity index (χ4n) is 2.34. The predicted octanol–water partition coefficient (Wildman–Crippen LogP) is 3.52. The highest BCUT2D eigenvalue weighted by Crippen LogP contribution is 2.14. The van der Waals surface area contributed by atoms with Gasteiger partial charge in [0.2, 0.25) is 0 Å². The van der Waals surface area contributed by atoms with Crippen molar-refractivity contribution >= 4 is 11.3 Å². The largest absolute Gasteiger partial charge is 0.314 e. The number of aromatic nitrogens is 1. The van der Waals surface area contributed by atoms with Gasteiger partial charge in [0, 0.05) is 23.5 Å². The van der Waals surface area contributed by atoms with Crippen molar-refractivity contribution in [2.45, 2.75) is 39.7 Å². The molecule has 0 fully saturated rings. The summed E-state index contributed by atoms with van der Waals surface area (Å²) in [5.74, 6) is 0. The van der Waals surface area contributed by atoms with Gasteiger partial charge in [0.1, 0.15) is 0 Å². The minimum absolute atomic E-state index is 0.470. The maximum absolute atomic E-state index is 4.57. The Bertz CT molecular complexity index is 519. The average Bonchev–Trinajstić information content (AvgIpc) is 2.75. The molecule has 0 radical (unpaired) electrons. The van der Waals surface area contributed by atoms with Crippen LogP contribution in [0, 0.1) is 13.8 Å². The van der Waals surface area contributed by atoms with Crippen LogP contribution < -0.4 is 5.32 Å². The molecule has 2 aromatic rings. The number of nitrogens with one attached hydrogen (secondary N) is 1. The minimum atomic E-state index is 0.470. The third-order valence-electron chi connectivity index (χ3n) is 3.14. The molecule has 0 aliphatic heterocycles. The van der Waals surface area contributed by atoms with Crippen molar-refractivity contribution in [2.24, 2.45) is 0 Å². The Morgan fingerprint density at radius 3 is 2.74 bits per heavy atom. The molecule has 0 saturated carbocycles. The van der Waals surface area contributed by atoms with E-state index in [0.29, 0.717) is 6.04 Å². The van der Waals surface area contributed by atoms with Crippen LogP contribution in [-0.4, -0.2) is 17.6 Å². The quantitative estimate of drug-likeness (QED) is 0.871.